The lowest BCUT2D eigenvalue weighted by molar-refractivity contribution is -0.384. The van der Waals surface area contributed by atoms with Crippen molar-refractivity contribution < 1.29 is 18.1 Å². The van der Waals surface area contributed by atoms with Crippen molar-refractivity contribution in [1.82, 2.24) is 0 Å². The highest BCUT2D eigenvalue weighted by Gasteiger charge is 2.33. The Morgan fingerprint density at radius 1 is 1.41 bits per heavy atom. The van der Waals surface area contributed by atoms with Gasteiger partial charge in [0.05, 0.1) is 10.6 Å². The van der Waals surface area contributed by atoms with E-state index in [1.54, 1.807) is 0 Å². The molecule has 0 saturated heterocycles. The summed E-state index contributed by atoms with van der Waals surface area (Å²) in [6.45, 7) is 0. The molecular weight excluding hydrogens is 248 g/mol. The van der Waals surface area contributed by atoms with E-state index in [0.717, 1.165) is 10.4 Å². The number of hydrogen-bond donors (Lipinski definition) is 0. The molecule has 8 heteroatoms. The average Bonchev–Trinajstić information content (AvgIpc) is 2.25. The van der Waals surface area contributed by atoms with E-state index < -0.39 is 26.5 Å². The molecule has 7 nitrogen and oxygen atoms in total. The maximum Gasteiger partial charge on any atom is 0.270 e. The van der Waals surface area contributed by atoms with Gasteiger partial charge in [0.1, 0.15) is 5.75 Å². The van der Waals surface area contributed by atoms with E-state index >= 15 is 0 Å². The Hall–Kier alpha value is -1.96. The van der Waals surface area contributed by atoms with Gasteiger partial charge < -0.3 is 0 Å². The van der Waals surface area contributed by atoms with Crippen LogP contribution in [0.5, 0.6) is 0 Å². The van der Waals surface area contributed by atoms with E-state index in [-0.39, 0.29) is 16.9 Å². The molecule has 0 radical (unpaired) electrons. The SMILES string of the molecule is CN1c2ccc([N+](=O)[O-])cc2C(=O)CS1(=O)=O. The van der Waals surface area contributed by atoms with Gasteiger partial charge in [-0.2, -0.15) is 0 Å². The van der Waals surface area contributed by atoms with Crippen LogP contribution >= 0.6 is 0 Å². The Morgan fingerprint density at radius 2 is 2.06 bits per heavy atom. The van der Waals surface area contributed by atoms with Crippen molar-refractivity contribution in [2.24, 2.45) is 0 Å². The summed E-state index contributed by atoms with van der Waals surface area (Å²) in [6.07, 6.45) is 0. The fraction of sp³-hybridized carbons (Fsp3) is 0.222. The zero-order valence-electron chi connectivity index (χ0n) is 8.78. The highest BCUT2D eigenvalue weighted by Crippen LogP contribution is 2.30. The van der Waals surface area contributed by atoms with Crippen molar-refractivity contribution >= 4 is 27.2 Å². The van der Waals surface area contributed by atoms with Gasteiger partial charge in [-0.25, -0.2) is 8.42 Å². The Kier molecular flexibility index (Phi) is 2.39. The highest BCUT2D eigenvalue weighted by molar-refractivity contribution is 7.93. The van der Waals surface area contributed by atoms with Crippen LogP contribution < -0.4 is 4.31 Å². The number of nitro groups is 1. The molecule has 0 saturated carbocycles. The number of Topliss-reactive ketones (excluding diaryl/α,β-unsaturated/α-hetero) is 1. The fourth-order valence-corrected chi connectivity index (χ4v) is 2.76. The third-order valence-electron chi connectivity index (χ3n) is 2.56. The number of ketones is 1. The molecule has 0 aromatic heterocycles. The molecule has 0 bridgehead atoms. The van der Waals surface area contributed by atoms with Gasteiger partial charge in [0.2, 0.25) is 10.0 Å². The Labute approximate surface area is 96.9 Å². The summed E-state index contributed by atoms with van der Waals surface area (Å²) in [6, 6.07) is 3.54. The predicted molar refractivity (Wildman–Crippen MR) is 59.6 cm³/mol. The number of carbonyl (C=O) groups excluding carboxylic acids is 1. The molecule has 0 fully saturated rings. The maximum atomic E-state index is 11.6. The monoisotopic (exact) mass is 256 g/mol. The molecule has 0 unspecified atom stereocenters. The summed E-state index contributed by atoms with van der Waals surface area (Å²) in [5, 5.41) is 10.6. The number of fused-ring (bicyclic) bond motifs is 1. The van der Waals surface area contributed by atoms with Gasteiger partial charge in [-0.15, -0.1) is 0 Å². The van der Waals surface area contributed by atoms with Gasteiger partial charge in [0.25, 0.3) is 5.69 Å². The second-order valence-electron chi connectivity index (χ2n) is 3.61. The van der Waals surface area contributed by atoms with E-state index in [2.05, 4.69) is 0 Å². The van der Waals surface area contributed by atoms with Crippen LogP contribution in [0.1, 0.15) is 10.4 Å². The smallest absolute Gasteiger partial charge is 0.270 e. The number of non-ortho nitro benzene ring substituents is 1. The molecule has 1 aliphatic heterocycles. The van der Waals surface area contributed by atoms with Crippen LogP contribution in [0.25, 0.3) is 0 Å². The molecule has 17 heavy (non-hydrogen) atoms. The number of hydrogen-bond acceptors (Lipinski definition) is 5. The summed E-state index contributed by atoms with van der Waals surface area (Å²) in [7, 11) is -2.33. The molecule has 0 atom stereocenters. The van der Waals surface area contributed by atoms with Crippen LogP contribution in [0.15, 0.2) is 18.2 Å². The first-order valence-electron chi connectivity index (χ1n) is 4.61. The molecule has 0 spiro atoms. The maximum absolute atomic E-state index is 11.6. The molecule has 1 aromatic carbocycles. The lowest BCUT2D eigenvalue weighted by Crippen LogP contribution is -2.37. The zero-order valence-corrected chi connectivity index (χ0v) is 9.60. The van der Waals surface area contributed by atoms with Crippen LogP contribution in [-0.4, -0.2) is 31.9 Å². The molecule has 2 rings (SSSR count). The normalized spacial score (nSPS) is 17.7. The van der Waals surface area contributed by atoms with Crippen molar-refractivity contribution in [3.63, 3.8) is 0 Å². The second kappa shape index (κ2) is 3.52. The predicted octanol–water partition coefficient (Wildman–Crippen LogP) is 0.557. The second-order valence-corrected chi connectivity index (χ2v) is 5.61. The van der Waals surface area contributed by atoms with Gasteiger partial charge in [-0.3, -0.25) is 19.2 Å². The number of nitro benzene ring substituents is 1. The minimum atomic E-state index is -3.64. The van der Waals surface area contributed by atoms with Crippen LogP contribution in [0, 0.1) is 10.1 Å². The van der Waals surface area contributed by atoms with Gasteiger partial charge >= 0.3 is 0 Å². The van der Waals surface area contributed by atoms with Crippen LogP contribution in [0.3, 0.4) is 0 Å². The number of nitrogens with zero attached hydrogens (tertiary/aromatic N) is 2. The first kappa shape index (κ1) is 11.5. The van der Waals surface area contributed by atoms with Crippen molar-refractivity contribution in [3.05, 3.63) is 33.9 Å². The zero-order chi connectivity index (χ0) is 12.8. The van der Waals surface area contributed by atoms with Crippen molar-refractivity contribution in [3.8, 4) is 0 Å². The first-order valence-corrected chi connectivity index (χ1v) is 6.22. The topological polar surface area (TPSA) is 97.6 Å². The summed E-state index contributed by atoms with van der Waals surface area (Å²) in [5.74, 6) is -1.28. The van der Waals surface area contributed by atoms with Gasteiger partial charge in [0.15, 0.2) is 5.78 Å². The Bertz CT molecular complexity index is 622. The third-order valence-corrected chi connectivity index (χ3v) is 4.22. The molecule has 0 aliphatic carbocycles. The summed E-state index contributed by atoms with van der Waals surface area (Å²) >= 11 is 0. The molecule has 0 amide bonds. The van der Waals surface area contributed by atoms with Crippen molar-refractivity contribution in [1.29, 1.82) is 0 Å². The number of sulfonamides is 1. The molecule has 1 heterocycles. The van der Waals surface area contributed by atoms with Gasteiger partial charge in [0, 0.05) is 24.7 Å². The minimum Gasteiger partial charge on any atom is -0.293 e. The van der Waals surface area contributed by atoms with E-state index in [1.165, 1.54) is 19.2 Å². The molecule has 0 N–H and O–H groups in total. The average molecular weight is 256 g/mol. The summed E-state index contributed by atoms with van der Waals surface area (Å²) < 4.78 is 24.1. The minimum absolute atomic E-state index is 0.0662. The lowest BCUT2D eigenvalue weighted by atomic mass is 10.1. The number of rotatable bonds is 1. The van der Waals surface area contributed by atoms with Gasteiger partial charge in [-0.1, -0.05) is 0 Å². The molecular formula is C9H8N2O5S. The molecule has 1 aromatic rings. The Balaban J connectivity index is 2.65. The largest absolute Gasteiger partial charge is 0.293 e. The van der Waals surface area contributed by atoms with E-state index in [9.17, 15) is 23.3 Å². The van der Waals surface area contributed by atoms with Crippen molar-refractivity contribution in [2.75, 3.05) is 17.1 Å². The first-order chi connectivity index (χ1) is 7.83. The van der Waals surface area contributed by atoms with Crippen LogP contribution in [0.2, 0.25) is 0 Å². The fourth-order valence-electron chi connectivity index (χ4n) is 1.63. The summed E-state index contributed by atoms with van der Waals surface area (Å²) in [5.41, 5.74) is 0.00757. The number of carbonyl (C=O) groups is 1. The van der Waals surface area contributed by atoms with E-state index in [1.807, 2.05) is 0 Å². The highest BCUT2D eigenvalue weighted by atomic mass is 32.2. The number of benzene rings is 1. The molecule has 1 aliphatic rings. The quantitative estimate of drug-likeness (QED) is 0.540. The lowest BCUT2D eigenvalue weighted by Gasteiger charge is -2.25. The Morgan fingerprint density at radius 3 is 2.65 bits per heavy atom. The van der Waals surface area contributed by atoms with E-state index in [4.69, 9.17) is 0 Å². The number of anilines is 1. The van der Waals surface area contributed by atoms with E-state index in [0.29, 0.717) is 0 Å². The molecule has 90 valence electrons. The standard InChI is InChI=1S/C9H8N2O5S/c1-10-8-3-2-6(11(13)14)4-7(8)9(12)5-17(10,15)16/h2-4H,5H2,1H3. The van der Waals surface area contributed by atoms with Crippen LogP contribution in [-0.2, 0) is 10.0 Å². The summed E-state index contributed by atoms with van der Waals surface area (Å²) in [4.78, 5) is 21.5. The van der Waals surface area contributed by atoms with Gasteiger partial charge in [-0.05, 0) is 6.07 Å². The third kappa shape index (κ3) is 1.76. The van der Waals surface area contributed by atoms with Crippen molar-refractivity contribution in [2.45, 2.75) is 0 Å². The van der Waals surface area contributed by atoms with Crippen LogP contribution in [0.4, 0.5) is 11.4 Å².